The summed E-state index contributed by atoms with van der Waals surface area (Å²) in [7, 11) is 0. The van der Waals surface area contributed by atoms with Gasteiger partial charge in [0, 0.05) is 27.6 Å². The zero-order chi connectivity index (χ0) is 19.1. The zero-order valence-electron chi connectivity index (χ0n) is 15.4. The summed E-state index contributed by atoms with van der Waals surface area (Å²) in [5.74, 6) is 0.0896. The molecule has 0 aliphatic heterocycles. The van der Waals surface area contributed by atoms with E-state index < -0.39 is 5.97 Å². The Morgan fingerprint density at radius 2 is 1.54 bits per heavy atom. The van der Waals surface area contributed by atoms with Gasteiger partial charge in [0.15, 0.2) is 6.61 Å². The molecule has 0 atom stereocenters. The van der Waals surface area contributed by atoms with Crippen LogP contribution < -0.4 is 14.3 Å². The van der Waals surface area contributed by atoms with E-state index in [9.17, 15) is 4.79 Å². The van der Waals surface area contributed by atoms with Crippen molar-refractivity contribution >= 4 is 38.3 Å². The summed E-state index contributed by atoms with van der Waals surface area (Å²) >= 11 is 0. The maximum absolute atomic E-state index is 12.8. The first-order valence-corrected chi connectivity index (χ1v) is 9.29. The van der Waals surface area contributed by atoms with Crippen LogP contribution in [0.4, 0.5) is 0 Å². The van der Waals surface area contributed by atoms with Gasteiger partial charge in [0.2, 0.25) is 6.20 Å². The topological polar surface area (TPSA) is 39.4 Å². The van der Waals surface area contributed by atoms with Crippen LogP contribution in [0.3, 0.4) is 0 Å². The average Bonchev–Trinajstić information content (AvgIpc) is 2.73. The first kappa shape index (κ1) is 16.5. The smallest absolute Gasteiger partial charge is 0.414 e. The summed E-state index contributed by atoms with van der Waals surface area (Å²) in [6, 6.07) is 23.7. The molecule has 1 heterocycles. The Morgan fingerprint density at radius 3 is 2.32 bits per heavy atom. The van der Waals surface area contributed by atoms with E-state index in [1.54, 1.807) is 18.3 Å². The van der Waals surface area contributed by atoms with Crippen LogP contribution in [0, 0.1) is 0 Å². The highest BCUT2D eigenvalue weighted by molar-refractivity contribution is 6.24. The van der Waals surface area contributed by atoms with Gasteiger partial charge in [-0.3, -0.25) is 4.84 Å². The van der Waals surface area contributed by atoms with Gasteiger partial charge in [-0.2, -0.15) is 0 Å². The highest BCUT2D eigenvalue weighted by atomic mass is 16.7. The van der Waals surface area contributed by atoms with Crippen LogP contribution in [0.5, 0.6) is 5.75 Å². The number of carbonyl (C=O) groups is 1. The van der Waals surface area contributed by atoms with Gasteiger partial charge in [-0.1, -0.05) is 42.5 Å². The molecule has 4 aromatic carbocycles. The van der Waals surface area contributed by atoms with Crippen molar-refractivity contribution < 1.29 is 19.1 Å². The second-order valence-corrected chi connectivity index (χ2v) is 6.64. The van der Waals surface area contributed by atoms with E-state index in [2.05, 4.69) is 36.4 Å². The summed E-state index contributed by atoms with van der Waals surface area (Å²) in [6.07, 6.45) is 1.70. The standard InChI is InChI=1S/C24H18NO3/c1-2-27-25-15-4-3-8-20(25)24(26)28-21-14-12-18-10-9-16-6-5-7-17-11-13-19(21)23(18)22(16)17/h3-15H,2H2,1H3/q+1. The number of benzene rings is 4. The first-order valence-electron chi connectivity index (χ1n) is 9.29. The van der Waals surface area contributed by atoms with E-state index in [0.717, 1.165) is 16.2 Å². The zero-order valence-corrected chi connectivity index (χ0v) is 15.4. The molecule has 4 heteroatoms. The molecule has 0 N–H and O–H groups in total. The van der Waals surface area contributed by atoms with Crippen LogP contribution in [0.1, 0.15) is 17.4 Å². The molecule has 0 aliphatic rings. The van der Waals surface area contributed by atoms with E-state index in [0.29, 0.717) is 18.1 Å². The molecule has 0 radical (unpaired) electrons. The summed E-state index contributed by atoms with van der Waals surface area (Å²) in [4.78, 5) is 18.3. The number of rotatable bonds is 4. The number of pyridine rings is 1. The van der Waals surface area contributed by atoms with E-state index in [1.807, 2.05) is 31.2 Å². The second-order valence-electron chi connectivity index (χ2n) is 6.64. The maximum Gasteiger partial charge on any atom is 0.414 e. The normalized spacial score (nSPS) is 11.3. The predicted octanol–water partition coefficient (Wildman–Crippen LogP) is 4.54. The fourth-order valence-electron chi connectivity index (χ4n) is 3.79. The molecular formula is C24H18NO3+. The van der Waals surface area contributed by atoms with Crippen molar-refractivity contribution in [2.75, 3.05) is 6.61 Å². The Bertz CT molecular complexity index is 1310. The minimum atomic E-state index is -0.455. The minimum absolute atomic E-state index is 0.343. The van der Waals surface area contributed by atoms with Gasteiger partial charge in [-0.25, -0.2) is 4.79 Å². The van der Waals surface area contributed by atoms with Crippen molar-refractivity contribution in [2.45, 2.75) is 6.92 Å². The summed E-state index contributed by atoms with van der Waals surface area (Å²) in [5, 5.41) is 6.72. The second kappa shape index (κ2) is 6.50. The molecule has 5 aromatic rings. The van der Waals surface area contributed by atoms with Crippen molar-refractivity contribution in [2.24, 2.45) is 0 Å². The number of ether oxygens (including phenoxy) is 1. The number of aromatic nitrogens is 1. The molecule has 0 bridgehead atoms. The van der Waals surface area contributed by atoms with Crippen molar-refractivity contribution in [3.8, 4) is 5.75 Å². The third kappa shape index (κ3) is 2.54. The number of hydrogen-bond acceptors (Lipinski definition) is 3. The van der Waals surface area contributed by atoms with Crippen LogP contribution in [0.25, 0.3) is 32.3 Å². The van der Waals surface area contributed by atoms with Crippen LogP contribution in [0.15, 0.2) is 79.0 Å². The fourth-order valence-corrected chi connectivity index (χ4v) is 3.79. The van der Waals surface area contributed by atoms with Crippen molar-refractivity contribution in [3.05, 3.63) is 84.7 Å². The van der Waals surface area contributed by atoms with Gasteiger partial charge < -0.3 is 4.74 Å². The third-order valence-corrected chi connectivity index (χ3v) is 4.99. The Hall–Kier alpha value is -3.66. The molecular weight excluding hydrogens is 350 g/mol. The average molecular weight is 368 g/mol. The lowest BCUT2D eigenvalue weighted by Crippen LogP contribution is -2.48. The molecule has 0 amide bonds. The molecule has 0 spiro atoms. The van der Waals surface area contributed by atoms with Crippen molar-refractivity contribution in [1.29, 1.82) is 0 Å². The lowest BCUT2D eigenvalue weighted by Gasteiger charge is -2.13. The molecule has 4 nitrogen and oxygen atoms in total. The minimum Gasteiger partial charge on any atom is -0.418 e. The summed E-state index contributed by atoms with van der Waals surface area (Å²) < 4.78 is 7.25. The molecule has 0 saturated heterocycles. The van der Waals surface area contributed by atoms with Gasteiger partial charge in [-0.15, -0.1) is 0 Å². The maximum atomic E-state index is 12.8. The quantitative estimate of drug-likeness (QED) is 0.202. The summed E-state index contributed by atoms with van der Waals surface area (Å²) in [6.45, 7) is 2.32. The number of nitrogens with zero attached hydrogens (tertiary/aromatic N) is 1. The molecule has 1 aromatic heterocycles. The van der Waals surface area contributed by atoms with Gasteiger partial charge in [0.1, 0.15) is 5.75 Å². The molecule has 0 aliphatic carbocycles. The highest BCUT2D eigenvalue weighted by Crippen LogP contribution is 2.38. The van der Waals surface area contributed by atoms with E-state index in [4.69, 9.17) is 9.57 Å². The van der Waals surface area contributed by atoms with Crippen LogP contribution in [0.2, 0.25) is 0 Å². The number of carbonyl (C=O) groups excluding carboxylic acids is 1. The number of esters is 1. The van der Waals surface area contributed by atoms with Gasteiger partial charge in [-0.05, 0) is 46.7 Å². The number of hydrogen-bond donors (Lipinski definition) is 0. The highest BCUT2D eigenvalue weighted by Gasteiger charge is 2.24. The van der Waals surface area contributed by atoms with Crippen LogP contribution in [-0.2, 0) is 0 Å². The fraction of sp³-hybridized carbons (Fsp3) is 0.0833. The Morgan fingerprint density at radius 1 is 0.821 bits per heavy atom. The van der Waals surface area contributed by atoms with Crippen LogP contribution in [-0.4, -0.2) is 12.6 Å². The van der Waals surface area contributed by atoms with E-state index in [1.165, 1.54) is 20.9 Å². The summed E-state index contributed by atoms with van der Waals surface area (Å²) in [5.41, 5.74) is 0.343. The monoisotopic (exact) mass is 368 g/mol. The Balaban J connectivity index is 1.65. The molecule has 0 unspecified atom stereocenters. The van der Waals surface area contributed by atoms with E-state index in [-0.39, 0.29) is 0 Å². The first-order chi connectivity index (χ1) is 13.8. The van der Waals surface area contributed by atoms with Crippen molar-refractivity contribution in [3.63, 3.8) is 0 Å². The van der Waals surface area contributed by atoms with Gasteiger partial charge >= 0.3 is 11.7 Å². The third-order valence-electron chi connectivity index (χ3n) is 4.99. The lowest BCUT2D eigenvalue weighted by atomic mass is 9.94. The Kier molecular flexibility index (Phi) is 3.83. The van der Waals surface area contributed by atoms with Gasteiger partial charge in [0.25, 0.3) is 0 Å². The lowest BCUT2D eigenvalue weighted by molar-refractivity contribution is -0.892. The molecule has 5 rings (SSSR count). The SMILES string of the molecule is CCO[n+]1ccccc1C(=O)Oc1ccc2ccc3cccc4ccc1c2c34. The Labute approximate surface area is 161 Å². The van der Waals surface area contributed by atoms with E-state index >= 15 is 0 Å². The van der Waals surface area contributed by atoms with Crippen molar-refractivity contribution in [1.82, 2.24) is 0 Å². The van der Waals surface area contributed by atoms with Crippen LogP contribution >= 0.6 is 0 Å². The molecule has 28 heavy (non-hydrogen) atoms. The molecule has 136 valence electrons. The molecule has 0 fully saturated rings. The van der Waals surface area contributed by atoms with Gasteiger partial charge in [0.05, 0.1) is 0 Å². The predicted molar refractivity (Wildman–Crippen MR) is 109 cm³/mol. The largest absolute Gasteiger partial charge is 0.418 e. The molecule has 0 saturated carbocycles.